The molecule has 1 heterocycles. The summed E-state index contributed by atoms with van der Waals surface area (Å²) in [5, 5.41) is 3.47. The van der Waals surface area contributed by atoms with Crippen LogP contribution in [0.1, 0.15) is 12.8 Å². The fraction of sp³-hybridized carbons (Fsp3) is 0.417. The molecule has 0 aromatic heterocycles. The molecule has 1 saturated heterocycles. The molecule has 110 valence electrons. The highest BCUT2D eigenvalue weighted by atomic mass is 35.5. The molecule has 0 unspecified atom stereocenters. The molecule has 1 aromatic carbocycles. The fourth-order valence-corrected chi connectivity index (χ4v) is 4.92. The van der Waals surface area contributed by atoms with Crippen molar-refractivity contribution in [3.05, 3.63) is 27.2 Å². The Morgan fingerprint density at radius 1 is 1.25 bits per heavy atom. The van der Waals surface area contributed by atoms with Crippen molar-refractivity contribution in [2.24, 2.45) is 5.92 Å². The van der Waals surface area contributed by atoms with Crippen molar-refractivity contribution in [1.82, 2.24) is 0 Å². The molecule has 0 saturated carbocycles. The molecule has 0 spiro atoms. The number of carbonyl (C=O) groups excluding carboxylic acids is 1. The predicted molar refractivity (Wildman–Crippen MR) is 81.5 cm³/mol. The summed E-state index contributed by atoms with van der Waals surface area (Å²) in [6.45, 7) is 0. The number of carbonyl (C=O) groups is 1. The van der Waals surface area contributed by atoms with Crippen LogP contribution in [-0.4, -0.2) is 25.8 Å². The van der Waals surface area contributed by atoms with Gasteiger partial charge in [0.05, 0.1) is 27.2 Å². The third-order valence-corrected chi connectivity index (χ3v) is 5.72. The monoisotopic (exact) mass is 355 g/mol. The first-order valence-electron chi connectivity index (χ1n) is 5.91. The Labute approximate surface area is 132 Å². The molecule has 1 aromatic rings. The SMILES string of the molecule is O=C(C[C@H]1CCS(=O)(=O)C1)Nc1c(Cl)cc(Cl)cc1Cl. The molecule has 1 N–H and O–H groups in total. The number of hydrogen-bond donors (Lipinski definition) is 1. The average molecular weight is 357 g/mol. The van der Waals surface area contributed by atoms with Crippen LogP contribution >= 0.6 is 34.8 Å². The molecule has 20 heavy (non-hydrogen) atoms. The molecule has 1 fully saturated rings. The Morgan fingerprint density at radius 2 is 1.85 bits per heavy atom. The number of rotatable bonds is 3. The molecule has 1 amide bonds. The molecule has 1 aliphatic rings. The molecule has 2 rings (SSSR count). The van der Waals surface area contributed by atoms with E-state index >= 15 is 0 Å². The van der Waals surface area contributed by atoms with Crippen LogP contribution in [0, 0.1) is 5.92 Å². The van der Waals surface area contributed by atoms with Crippen molar-refractivity contribution < 1.29 is 13.2 Å². The highest BCUT2D eigenvalue weighted by molar-refractivity contribution is 7.91. The maximum atomic E-state index is 11.9. The second-order valence-corrected chi connectivity index (χ2v) is 8.25. The maximum absolute atomic E-state index is 11.9. The van der Waals surface area contributed by atoms with Crippen molar-refractivity contribution in [3.8, 4) is 0 Å². The number of hydrogen-bond acceptors (Lipinski definition) is 3. The first-order valence-corrected chi connectivity index (χ1v) is 8.87. The molecule has 1 aliphatic heterocycles. The van der Waals surface area contributed by atoms with Gasteiger partial charge >= 0.3 is 0 Å². The van der Waals surface area contributed by atoms with E-state index in [-0.39, 0.29) is 39.8 Å². The average Bonchev–Trinajstić information content (AvgIpc) is 2.63. The summed E-state index contributed by atoms with van der Waals surface area (Å²) in [6, 6.07) is 2.95. The van der Waals surface area contributed by atoms with Gasteiger partial charge in [0.15, 0.2) is 9.84 Å². The lowest BCUT2D eigenvalue weighted by atomic mass is 10.1. The van der Waals surface area contributed by atoms with Crippen LogP contribution in [0.2, 0.25) is 15.1 Å². The second kappa shape index (κ2) is 6.10. The standard InChI is InChI=1S/C12H12Cl3NO3S/c13-8-4-9(14)12(10(15)5-8)16-11(17)3-7-1-2-20(18,19)6-7/h4-5,7H,1-3,6H2,(H,16,17)/t7-/m1/s1. The molecule has 0 radical (unpaired) electrons. The fourth-order valence-electron chi connectivity index (χ4n) is 2.15. The topological polar surface area (TPSA) is 63.2 Å². The molecule has 4 nitrogen and oxygen atoms in total. The van der Waals surface area contributed by atoms with Crippen molar-refractivity contribution in [3.63, 3.8) is 0 Å². The summed E-state index contributed by atoms with van der Waals surface area (Å²) in [6.07, 6.45) is 0.645. The first kappa shape index (κ1) is 15.9. The minimum atomic E-state index is -2.99. The van der Waals surface area contributed by atoms with Gasteiger partial charge in [-0.15, -0.1) is 0 Å². The van der Waals surface area contributed by atoms with E-state index in [2.05, 4.69) is 5.32 Å². The van der Waals surface area contributed by atoms with Crippen LogP contribution in [0.3, 0.4) is 0 Å². The number of amides is 1. The lowest BCUT2D eigenvalue weighted by Gasteiger charge is -2.11. The van der Waals surface area contributed by atoms with Gasteiger partial charge in [0, 0.05) is 11.4 Å². The highest BCUT2D eigenvalue weighted by Gasteiger charge is 2.29. The van der Waals surface area contributed by atoms with E-state index in [4.69, 9.17) is 34.8 Å². The summed E-state index contributed by atoms with van der Waals surface area (Å²) in [5.41, 5.74) is 0.295. The summed E-state index contributed by atoms with van der Waals surface area (Å²) < 4.78 is 22.7. The van der Waals surface area contributed by atoms with E-state index in [1.54, 1.807) is 0 Å². The van der Waals surface area contributed by atoms with E-state index in [0.29, 0.717) is 17.1 Å². The van der Waals surface area contributed by atoms with Crippen LogP contribution in [0.4, 0.5) is 5.69 Å². The summed E-state index contributed by atoms with van der Waals surface area (Å²) >= 11 is 17.7. The minimum Gasteiger partial charge on any atom is -0.324 e. The lowest BCUT2D eigenvalue weighted by molar-refractivity contribution is -0.116. The van der Waals surface area contributed by atoms with Crippen molar-refractivity contribution in [2.45, 2.75) is 12.8 Å². The van der Waals surface area contributed by atoms with Gasteiger partial charge in [0.25, 0.3) is 0 Å². The summed E-state index contributed by atoms with van der Waals surface area (Å²) in [7, 11) is -2.99. The van der Waals surface area contributed by atoms with Crippen LogP contribution < -0.4 is 5.32 Å². The molecular weight excluding hydrogens is 345 g/mol. The van der Waals surface area contributed by atoms with Crippen molar-refractivity contribution >= 4 is 56.2 Å². The summed E-state index contributed by atoms with van der Waals surface area (Å²) in [5.74, 6) is -0.251. The third kappa shape index (κ3) is 4.01. The van der Waals surface area contributed by atoms with Gasteiger partial charge < -0.3 is 5.32 Å². The van der Waals surface area contributed by atoms with E-state index in [9.17, 15) is 13.2 Å². The number of benzene rings is 1. The number of anilines is 1. The maximum Gasteiger partial charge on any atom is 0.224 e. The Hall–Kier alpha value is -0.490. The zero-order valence-corrected chi connectivity index (χ0v) is 13.4. The van der Waals surface area contributed by atoms with Gasteiger partial charge in [-0.05, 0) is 24.5 Å². The van der Waals surface area contributed by atoms with Crippen LogP contribution in [-0.2, 0) is 14.6 Å². The zero-order valence-electron chi connectivity index (χ0n) is 10.3. The normalized spacial score (nSPS) is 20.9. The van der Waals surface area contributed by atoms with Crippen LogP contribution in [0.5, 0.6) is 0 Å². The molecular formula is C12H12Cl3NO3S. The smallest absolute Gasteiger partial charge is 0.224 e. The van der Waals surface area contributed by atoms with Gasteiger partial charge in [-0.3, -0.25) is 4.79 Å². The molecule has 8 heteroatoms. The van der Waals surface area contributed by atoms with Crippen LogP contribution in [0.15, 0.2) is 12.1 Å². The van der Waals surface area contributed by atoms with E-state index in [1.165, 1.54) is 12.1 Å². The second-order valence-electron chi connectivity index (χ2n) is 4.77. The molecule has 1 atom stereocenters. The Morgan fingerprint density at radius 3 is 2.35 bits per heavy atom. The van der Waals surface area contributed by atoms with Crippen molar-refractivity contribution in [1.29, 1.82) is 0 Å². The van der Waals surface area contributed by atoms with Gasteiger partial charge in [-0.1, -0.05) is 34.8 Å². The van der Waals surface area contributed by atoms with Crippen molar-refractivity contribution in [2.75, 3.05) is 16.8 Å². The quantitative estimate of drug-likeness (QED) is 0.902. The van der Waals surface area contributed by atoms with E-state index in [0.717, 1.165) is 0 Å². The zero-order chi connectivity index (χ0) is 14.9. The van der Waals surface area contributed by atoms with Crippen LogP contribution in [0.25, 0.3) is 0 Å². The Kier molecular flexibility index (Phi) is 4.84. The Bertz CT molecular complexity index is 622. The first-order chi connectivity index (χ1) is 9.27. The predicted octanol–water partition coefficient (Wildman–Crippen LogP) is 3.41. The van der Waals surface area contributed by atoms with E-state index < -0.39 is 9.84 Å². The summed E-state index contributed by atoms with van der Waals surface area (Å²) in [4.78, 5) is 11.9. The number of halogens is 3. The molecule has 0 aliphatic carbocycles. The third-order valence-electron chi connectivity index (χ3n) is 3.07. The number of sulfone groups is 1. The number of nitrogens with one attached hydrogen (secondary N) is 1. The van der Waals surface area contributed by atoms with Gasteiger partial charge in [-0.25, -0.2) is 8.42 Å². The highest BCUT2D eigenvalue weighted by Crippen LogP contribution is 2.34. The molecule has 0 bridgehead atoms. The Balaban J connectivity index is 2.02. The van der Waals surface area contributed by atoms with E-state index in [1.807, 2.05) is 0 Å². The van der Waals surface area contributed by atoms with Gasteiger partial charge in [-0.2, -0.15) is 0 Å². The van der Waals surface area contributed by atoms with Gasteiger partial charge in [0.1, 0.15) is 0 Å². The minimum absolute atomic E-state index is 0.0580. The largest absolute Gasteiger partial charge is 0.324 e. The lowest BCUT2D eigenvalue weighted by Crippen LogP contribution is -2.17. The van der Waals surface area contributed by atoms with Gasteiger partial charge in [0.2, 0.25) is 5.91 Å².